The van der Waals surface area contributed by atoms with Crippen molar-refractivity contribution in [1.82, 2.24) is 14.6 Å². The van der Waals surface area contributed by atoms with Crippen LogP contribution >= 0.6 is 34.5 Å². The number of sulfonamides is 1. The van der Waals surface area contributed by atoms with Gasteiger partial charge in [0.25, 0.3) is 5.91 Å². The van der Waals surface area contributed by atoms with Crippen LogP contribution < -0.4 is 4.72 Å². The van der Waals surface area contributed by atoms with Crippen molar-refractivity contribution in [3.8, 4) is 0 Å². The number of esters is 1. The summed E-state index contributed by atoms with van der Waals surface area (Å²) >= 11 is 13.6. The third-order valence-corrected chi connectivity index (χ3v) is 9.36. The lowest BCUT2D eigenvalue weighted by atomic mass is 9.87. The zero-order valence-corrected chi connectivity index (χ0v) is 23.1. The number of halogens is 5. The number of ether oxygens (including phenoxy) is 1. The summed E-state index contributed by atoms with van der Waals surface area (Å²) in [6.45, 7) is 4.58. The lowest BCUT2D eigenvalue weighted by Gasteiger charge is -2.38. The molecule has 2 aromatic rings. The summed E-state index contributed by atoms with van der Waals surface area (Å²) in [5.41, 5.74) is 0.556. The molecule has 1 fully saturated rings. The van der Waals surface area contributed by atoms with E-state index in [4.69, 9.17) is 27.9 Å². The van der Waals surface area contributed by atoms with Gasteiger partial charge < -0.3 is 9.64 Å². The first-order valence-electron chi connectivity index (χ1n) is 11.2. The molecule has 2 unspecified atom stereocenters. The maximum atomic E-state index is 13.2. The van der Waals surface area contributed by atoms with Gasteiger partial charge in [0.2, 0.25) is 15.0 Å². The highest BCUT2D eigenvalue weighted by Crippen LogP contribution is 2.40. The van der Waals surface area contributed by atoms with Gasteiger partial charge in [0.15, 0.2) is 0 Å². The number of nitrogens with zero attached hydrogens (tertiary/aromatic N) is 2. The zero-order valence-electron chi connectivity index (χ0n) is 19.9. The van der Waals surface area contributed by atoms with E-state index in [1.165, 1.54) is 11.4 Å². The smallest absolute Gasteiger partial charge is 0.404 e. The van der Waals surface area contributed by atoms with Crippen LogP contribution in [0.15, 0.2) is 22.4 Å². The molecule has 0 aliphatic carbocycles. The lowest BCUT2D eigenvalue weighted by Crippen LogP contribution is -2.45. The molecular formula is C22H24Cl2F3N3O5S2. The number of benzene rings is 1. The van der Waals surface area contributed by atoms with Crippen LogP contribution in [-0.2, 0) is 14.8 Å². The molecule has 1 aliphatic rings. The minimum atomic E-state index is -4.79. The van der Waals surface area contributed by atoms with E-state index < -0.39 is 44.0 Å². The number of likely N-dealkylation sites (tertiary alicyclic amines) is 1. The number of amides is 1. The molecule has 0 radical (unpaired) electrons. The van der Waals surface area contributed by atoms with Gasteiger partial charge in [0, 0.05) is 23.9 Å². The van der Waals surface area contributed by atoms with Crippen LogP contribution in [0.5, 0.6) is 0 Å². The van der Waals surface area contributed by atoms with Crippen LogP contribution in [0.3, 0.4) is 0 Å². The van der Waals surface area contributed by atoms with E-state index >= 15 is 0 Å². The van der Waals surface area contributed by atoms with Crippen LogP contribution in [0.4, 0.5) is 13.2 Å². The first-order chi connectivity index (χ1) is 17.2. The van der Waals surface area contributed by atoms with Crippen LogP contribution in [0, 0.1) is 0 Å². The Kier molecular flexibility index (Phi) is 9.16. The lowest BCUT2D eigenvalue weighted by molar-refractivity contribution is -0.147. The minimum Gasteiger partial charge on any atom is -0.461 e. The van der Waals surface area contributed by atoms with Gasteiger partial charge in [-0.15, -0.1) is 11.3 Å². The van der Waals surface area contributed by atoms with E-state index in [9.17, 15) is 31.2 Å². The molecule has 1 aromatic heterocycles. The topological polar surface area (TPSA) is 106 Å². The van der Waals surface area contributed by atoms with Gasteiger partial charge in [0.05, 0.1) is 16.7 Å². The Labute approximate surface area is 226 Å². The molecule has 1 amide bonds. The van der Waals surface area contributed by atoms with Crippen molar-refractivity contribution in [2.45, 2.75) is 62.7 Å². The molecule has 204 valence electrons. The predicted octanol–water partition coefficient (Wildman–Crippen LogP) is 5.26. The predicted molar refractivity (Wildman–Crippen MR) is 133 cm³/mol. The number of alkyl halides is 3. The average molecular weight is 602 g/mol. The van der Waals surface area contributed by atoms with E-state index in [-0.39, 0.29) is 40.8 Å². The quantitative estimate of drug-likeness (QED) is 0.434. The molecule has 8 nitrogen and oxygen atoms in total. The maximum Gasteiger partial charge on any atom is 0.404 e. The summed E-state index contributed by atoms with van der Waals surface area (Å²) in [6, 6.07) is 0.0111. The number of carbonyl (C=O) groups is 2. The SMILES string of the molecule is CCOC(=O)c1nc(C(=O)N2CC(c3ccc(S(=O)(=O)N[C@@H](C)C(F)(F)F)c(Cl)c3Cl)CCC2C)cs1. The molecule has 1 aromatic carbocycles. The Balaban J connectivity index is 1.84. The maximum absolute atomic E-state index is 13.2. The molecule has 0 bridgehead atoms. The van der Waals surface area contributed by atoms with Gasteiger partial charge in [-0.3, -0.25) is 4.79 Å². The monoisotopic (exact) mass is 601 g/mol. The van der Waals surface area contributed by atoms with Crippen molar-refractivity contribution in [3.63, 3.8) is 0 Å². The fourth-order valence-corrected chi connectivity index (χ4v) is 6.73. The van der Waals surface area contributed by atoms with Gasteiger partial charge >= 0.3 is 12.1 Å². The van der Waals surface area contributed by atoms with Gasteiger partial charge in [0.1, 0.15) is 16.6 Å². The second-order valence-electron chi connectivity index (χ2n) is 8.50. The molecule has 2 heterocycles. The number of aromatic nitrogens is 1. The third kappa shape index (κ3) is 6.56. The Morgan fingerprint density at radius 2 is 1.95 bits per heavy atom. The standard InChI is InChI=1S/C22H24Cl2F3N3O5S2/c1-4-35-21(32)19-28-15(10-36-19)20(31)30-9-13(6-5-11(30)2)14-7-8-16(18(24)17(14)23)37(33,34)29-12(3)22(25,26)27/h7-8,10-13,29H,4-6,9H2,1-3H3/t11?,12-,13?/m0/s1. The Bertz CT molecular complexity index is 1290. The summed E-state index contributed by atoms with van der Waals surface area (Å²) in [6.07, 6.45) is -3.60. The molecule has 15 heteroatoms. The van der Waals surface area contributed by atoms with E-state index in [1.807, 2.05) is 6.92 Å². The fourth-order valence-electron chi connectivity index (χ4n) is 3.88. The Morgan fingerprint density at radius 1 is 1.27 bits per heavy atom. The summed E-state index contributed by atoms with van der Waals surface area (Å²) < 4.78 is 70.1. The highest BCUT2D eigenvalue weighted by Gasteiger charge is 2.40. The summed E-state index contributed by atoms with van der Waals surface area (Å²) in [5.74, 6) is -1.34. The Morgan fingerprint density at radius 3 is 2.57 bits per heavy atom. The van der Waals surface area contributed by atoms with Crippen molar-refractivity contribution in [3.05, 3.63) is 43.8 Å². The number of hydrogen-bond acceptors (Lipinski definition) is 7. The van der Waals surface area contributed by atoms with Crippen molar-refractivity contribution in [2.75, 3.05) is 13.2 Å². The molecule has 37 heavy (non-hydrogen) atoms. The number of thiazole rings is 1. The second kappa shape index (κ2) is 11.4. The summed E-state index contributed by atoms with van der Waals surface area (Å²) in [4.78, 5) is 30.2. The average Bonchev–Trinajstić information content (AvgIpc) is 3.30. The van der Waals surface area contributed by atoms with Crippen molar-refractivity contribution in [2.24, 2.45) is 0 Å². The first-order valence-corrected chi connectivity index (χ1v) is 14.3. The van der Waals surface area contributed by atoms with E-state index in [1.54, 1.807) is 16.5 Å². The van der Waals surface area contributed by atoms with Crippen molar-refractivity contribution in [1.29, 1.82) is 0 Å². The highest BCUT2D eigenvalue weighted by atomic mass is 35.5. The molecule has 1 aliphatic heterocycles. The largest absolute Gasteiger partial charge is 0.461 e. The van der Waals surface area contributed by atoms with Gasteiger partial charge in [-0.25, -0.2) is 18.2 Å². The molecule has 0 saturated carbocycles. The summed E-state index contributed by atoms with van der Waals surface area (Å²) in [7, 11) is -4.62. The molecular weight excluding hydrogens is 578 g/mol. The molecule has 1 saturated heterocycles. The van der Waals surface area contributed by atoms with Crippen molar-refractivity contribution < 1.29 is 35.9 Å². The highest BCUT2D eigenvalue weighted by molar-refractivity contribution is 7.89. The second-order valence-corrected chi connectivity index (χ2v) is 11.8. The number of hydrogen-bond donors (Lipinski definition) is 1. The van der Waals surface area contributed by atoms with Gasteiger partial charge in [-0.1, -0.05) is 29.3 Å². The van der Waals surface area contributed by atoms with Gasteiger partial charge in [-0.05, 0) is 45.2 Å². The molecule has 3 atom stereocenters. The van der Waals surface area contributed by atoms with Crippen LogP contribution in [-0.4, -0.2) is 61.6 Å². The number of rotatable bonds is 7. The van der Waals surface area contributed by atoms with Crippen molar-refractivity contribution >= 4 is 56.4 Å². The van der Waals surface area contributed by atoms with E-state index in [2.05, 4.69) is 4.98 Å². The summed E-state index contributed by atoms with van der Waals surface area (Å²) in [5, 5.41) is 1.01. The minimum absolute atomic E-state index is 0.0616. The Hall–Kier alpha value is -1.93. The number of nitrogens with one attached hydrogen (secondary N) is 1. The van der Waals surface area contributed by atoms with E-state index in [0.29, 0.717) is 25.3 Å². The molecule has 1 N–H and O–H groups in total. The molecule has 0 spiro atoms. The van der Waals surface area contributed by atoms with E-state index in [0.717, 1.165) is 17.4 Å². The number of piperidine rings is 1. The van der Waals surface area contributed by atoms with Crippen LogP contribution in [0.2, 0.25) is 10.0 Å². The molecule has 3 rings (SSSR count). The zero-order chi connectivity index (χ0) is 27.7. The first kappa shape index (κ1) is 29.6. The normalized spacial score (nSPS) is 19.5. The number of carbonyl (C=O) groups excluding carboxylic acids is 2. The van der Waals surface area contributed by atoms with Crippen LogP contribution in [0.25, 0.3) is 0 Å². The van der Waals surface area contributed by atoms with Crippen LogP contribution in [0.1, 0.15) is 65.4 Å². The van der Waals surface area contributed by atoms with Gasteiger partial charge in [-0.2, -0.15) is 17.9 Å². The third-order valence-electron chi connectivity index (χ3n) is 5.95. The fraction of sp³-hybridized carbons (Fsp3) is 0.500.